The normalized spacial score (nSPS) is 14.8. The van der Waals surface area contributed by atoms with Crippen molar-refractivity contribution in [2.24, 2.45) is 0 Å². The molecule has 4 rings (SSSR count). The van der Waals surface area contributed by atoms with E-state index in [2.05, 4.69) is 0 Å². The number of rotatable bonds is 7. The fourth-order valence-corrected chi connectivity index (χ4v) is 3.78. The molecule has 0 unspecified atom stereocenters. The smallest absolute Gasteiger partial charge is 0.410 e. The molecule has 1 N–H and O–H groups in total. The summed E-state index contributed by atoms with van der Waals surface area (Å²) in [4.78, 5) is 13.9. The molecule has 1 fully saturated rings. The van der Waals surface area contributed by atoms with E-state index in [9.17, 15) is 9.90 Å². The highest BCUT2D eigenvalue weighted by atomic mass is 16.6. The highest BCUT2D eigenvalue weighted by Gasteiger charge is 2.48. The molecule has 3 aromatic rings. The van der Waals surface area contributed by atoms with E-state index in [1.165, 1.54) is 4.90 Å². The van der Waals surface area contributed by atoms with Crippen LogP contribution in [0.1, 0.15) is 37.5 Å². The number of carbonyl (C=O) groups excluding carboxylic acids is 1. The lowest BCUT2D eigenvalue weighted by atomic mass is 9.85. The van der Waals surface area contributed by atoms with Crippen LogP contribution in [0.15, 0.2) is 78.9 Å². The highest BCUT2D eigenvalue weighted by Crippen LogP contribution is 2.40. The molecule has 0 saturated carbocycles. The SMILES string of the molecule is CC(C)(C)OC(=O)N1CC(O)(c2ccc(OCc3ccccc3)cc2OCc2ccccc2)C1. The van der Waals surface area contributed by atoms with Gasteiger partial charge in [0.15, 0.2) is 0 Å². The molecule has 6 heteroatoms. The summed E-state index contributed by atoms with van der Waals surface area (Å²) in [5.41, 5.74) is 0.882. The standard InChI is InChI=1S/C28H31NO5/c1-27(2,3)34-26(30)29-19-28(31,20-29)24-15-14-23(32-17-21-10-6-4-7-11-21)16-25(24)33-18-22-12-8-5-9-13-22/h4-16,31H,17-20H2,1-3H3. The average molecular weight is 462 g/mol. The molecule has 6 nitrogen and oxygen atoms in total. The van der Waals surface area contributed by atoms with Crippen LogP contribution in [0.5, 0.6) is 11.5 Å². The van der Waals surface area contributed by atoms with Crippen LogP contribution < -0.4 is 9.47 Å². The van der Waals surface area contributed by atoms with Gasteiger partial charge in [0.25, 0.3) is 0 Å². The fourth-order valence-electron chi connectivity index (χ4n) is 3.78. The second-order valence-corrected chi connectivity index (χ2v) is 9.57. The summed E-state index contributed by atoms with van der Waals surface area (Å²) < 4.78 is 17.5. The quantitative estimate of drug-likeness (QED) is 0.518. The van der Waals surface area contributed by atoms with Gasteiger partial charge in [0.05, 0.1) is 13.1 Å². The molecule has 1 heterocycles. The van der Waals surface area contributed by atoms with E-state index in [-0.39, 0.29) is 13.1 Å². The molecule has 0 aromatic heterocycles. The van der Waals surface area contributed by atoms with Crippen molar-refractivity contribution >= 4 is 6.09 Å². The molecular weight excluding hydrogens is 430 g/mol. The Morgan fingerprint density at radius 1 is 0.882 bits per heavy atom. The van der Waals surface area contributed by atoms with Gasteiger partial charge in [0, 0.05) is 11.6 Å². The van der Waals surface area contributed by atoms with Gasteiger partial charge in [-0.2, -0.15) is 0 Å². The van der Waals surface area contributed by atoms with Gasteiger partial charge in [-0.1, -0.05) is 60.7 Å². The predicted octanol–water partition coefficient (Wildman–Crippen LogP) is 5.28. The van der Waals surface area contributed by atoms with Gasteiger partial charge in [-0.05, 0) is 44.0 Å². The summed E-state index contributed by atoms with van der Waals surface area (Å²) in [6.45, 7) is 6.50. The molecule has 0 radical (unpaired) electrons. The molecule has 1 amide bonds. The third kappa shape index (κ3) is 5.88. The van der Waals surface area contributed by atoms with E-state index < -0.39 is 17.3 Å². The van der Waals surface area contributed by atoms with Gasteiger partial charge in [-0.3, -0.25) is 0 Å². The highest BCUT2D eigenvalue weighted by molar-refractivity contribution is 5.70. The molecule has 3 aromatic carbocycles. The predicted molar refractivity (Wildman–Crippen MR) is 130 cm³/mol. The van der Waals surface area contributed by atoms with Crippen molar-refractivity contribution in [1.82, 2.24) is 4.90 Å². The van der Waals surface area contributed by atoms with Crippen LogP contribution in [0, 0.1) is 0 Å². The second-order valence-electron chi connectivity index (χ2n) is 9.57. The maximum absolute atomic E-state index is 12.4. The van der Waals surface area contributed by atoms with E-state index in [1.807, 2.05) is 93.6 Å². The number of amides is 1. The Kier molecular flexibility index (Phi) is 6.80. The Morgan fingerprint density at radius 3 is 2.00 bits per heavy atom. The van der Waals surface area contributed by atoms with E-state index in [1.54, 1.807) is 6.07 Å². The Morgan fingerprint density at radius 2 is 1.44 bits per heavy atom. The van der Waals surface area contributed by atoms with Crippen LogP contribution in [0.25, 0.3) is 0 Å². The van der Waals surface area contributed by atoms with Gasteiger partial charge in [-0.15, -0.1) is 0 Å². The first kappa shape index (κ1) is 23.6. The van der Waals surface area contributed by atoms with Crippen LogP contribution in [-0.2, 0) is 23.6 Å². The molecule has 1 aliphatic heterocycles. The van der Waals surface area contributed by atoms with Gasteiger partial charge < -0.3 is 24.2 Å². The number of benzene rings is 3. The molecule has 0 aliphatic carbocycles. The van der Waals surface area contributed by atoms with Crippen LogP contribution in [-0.4, -0.2) is 34.8 Å². The zero-order chi connectivity index (χ0) is 24.2. The van der Waals surface area contributed by atoms with E-state index >= 15 is 0 Å². The Bertz CT molecular complexity index is 1100. The molecule has 0 bridgehead atoms. The number of hydrogen-bond donors (Lipinski definition) is 1. The number of ether oxygens (including phenoxy) is 3. The number of carbonyl (C=O) groups is 1. The van der Waals surface area contributed by atoms with E-state index in [4.69, 9.17) is 14.2 Å². The van der Waals surface area contributed by atoms with Crippen molar-refractivity contribution in [2.45, 2.75) is 45.2 Å². The van der Waals surface area contributed by atoms with Crippen LogP contribution in [0.2, 0.25) is 0 Å². The van der Waals surface area contributed by atoms with Crippen LogP contribution in [0.3, 0.4) is 0 Å². The number of hydrogen-bond acceptors (Lipinski definition) is 5. The lowest BCUT2D eigenvalue weighted by Gasteiger charge is -2.46. The largest absolute Gasteiger partial charge is 0.489 e. The van der Waals surface area contributed by atoms with Crippen molar-refractivity contribution in [2.75, 3.05) is 13.1 Å². The van der Waals surface area contributed by atoms with Crippen molar-refractivity contribution in [1.29, 1.82) is 0 Å². The van der Waals surface area contributed by atoms with E-state index in [0.717, 1.165) is 11.1 Å². The van der Waals surface area contributed by atoms with Gasteiger partial charge in [-0.25, -0.2) is 4.79 Å². The topological polar surface area (TPSA) is 68.2 Å². The molecule has 1 aliphatic rings. The minimum atomic E-state index is -1.22. The number of β-amino-alcohol motifs (C(OH)–C–C–N with tert-alkyl or cyclic N) is 1. The number of aliphatic hydroxyl groups is 1. The summed E-state index contributed by atoms with van der Waals surface area (Å²) in [5.74, 6) is 1.17. The van der Waals surface area contributed by atoms with Crippen molar-refractivity contribution in [3.8, 4) is 11.5 Å². The first-order valence-electron chi connectivity index (χ1n) is 11.4. The maximum Gasteiger partial charge on any atom is 0.410 e. The Balaban J connectivity index is 1.51. The summed E-state index contributed by atoms with van der Waals surface area (Å²) in [7, 11) is 0. The van der Waals surface area contributed by atoms with Gasteiger partial charge in [0.1, 0.15) is 35.9 Å². The number of likely N-dealkylation sites (tertiary alicyclic amines) is 1. The molecule has 0 spiro atoms. The monoisotopic (exact) mass is 461 g/mol. The van der Waals surface area contributed by atoms with Crippen molar-refractivity contribution in [3.63, 3.8) is 0 Å². The number of nitrogens with zero attached hydrogens (tertiary/aromatic N) is 1. The van der Waals surface area contributed by atoms with Crippen LogP contribution in [0.4, 0.5) is 4.79 Å². The maximum atomic E-state index is 12.4. The lowest BCUT2D eigenvalue weighted by Crippen LogP contribution is -2.62. The lowest BCUT2D eigenvalue weighted by molar-refractivity contribution is -0.104. The molecule has 178 valence electrons. The Hall–Kier alpha value is -3.51. The van der Waals surface area contributed by atoms with Crippen LogP contribution >= 0.6 is 0 Å². The third-order valence-corrected chi connectivity index (χ3v) is 5.50. The summed E-state index contributed by atoms with van der Waals surface area (Å²) in [6, 6.07) is 25.2. The third-order valence-electron chi connectivity index (χ3n) is 5.50. The zero-order valence-corrected chi connectivity index (χ0v) is 19.9. The second kappa shape index (κ2) is 9.77. The van der Waals surface area contributed by atoms with Gasteiger partial charge >= 0.3 is 6.09 Å². The minimum absolute atomic E-state index is 0.133. The minimum Gasteiger partial charge on any atom is -0.489 e. The summed E-state index contributed by atoms with van der Waals surface area (Å²) in [5, 5.41) is 11.3. The molecule has 1 saturated heterocycles. The van der Waals surface area contributed by atoms with E-state index in [0.29, 0.717) is 30.3 Å². The molecule has 34 heavy (non-hydrogen) atoms. The Labute approximate surface area is 200 Å². The summed E-state index contributed by atoms with van der Waals surface area (Å²) >= 11 is 0. The zero-order valence-electron chi connectivity index (χ0n) is 19.9. The first-order chi connectivity index (χ1) is 16.2. The average Bonchev–Trinajstić information content (AvgIpc) is 2.79. The summed E-state index contributed by atoms with van der Waals surface area (Å²) in [6.07, 6.45) is -0.438. The molecular formula is C28H31NO5. The fraction of sp³-hybridized carbons (Fsp3) is 0.321. The van der Waals surface area contributed by atoms with Crippen molar-refractivity contribution < 1.29 is 24.1 Å². The molecule has 0 atom stereocenters. The first-order valence-corrected chi connectivity index (χ1v) is 11.4. The van der Waals surface area contributed by atoms with Crippen molar-refractivity contribution in [3.05, 3.63) is 95.6 Å². The van der Waals surface area contributed by atoms with Gasteiger partial charge in [0.2, 0.25) is 0 Å².